The first-order valence-electron chi connectivity index (χ1n) is 8.79. The summed E-state index contributed by atoms with van der Waals surface area (Å²) >= 11 is 0. The number of carboxylic acid groups (broad SMARTS) is 1. The minimum atomic E-state index is -0.745. The van der Waals surface area contributed by atoms with Gasteiger partial charge in [-0.2, -0.15) is 0 Å². The second kappa shape index (κ2) is 10.5. The molecule has 0 aliphatic heterocycles. The summed E-state index contributed by atoms with van der Waals surface area (Å²) in [4.78, 5) is 12.6. The van der Waals surface area contributed by atoms with E-state index in [0.717, 1.165) is 31.6 Å². The first kappa shape index (κ1) is 19.0. The topological polar surface area (TPSA) is 49.8 Å². The summed E-state index contributed by atoms with van der Waals surface area (Å²) in [6, 6.07) is 18.7. The Morgan fingerprint density at radius 2 is 1.64 bits per heavy atom. The van der Waals surface area contributed by atoms with Crippen LogP contribution in [0.1, 0.15) is 30.4 Å². The van der Waals surface area contributed by atoms with E-state index in [1.54, 1.807) is 0 Å². The predicted octanol–water partition coefficient (Wildman–Crippen LogP) is 3.84. The van der Waals surface area contributed by atoms with E-state index in [-0.39, 0.29) is 6.42 Å². The molecule has 0 saturated carbocycles. The second-order valence-electron chi connectivity index (χ2n) is 6.31. The number of hydrogen-bond donors (Lipinski definition) is 1. The number of aliphatic carboxylic acids is 1. The first-order valence-corrected chi connectivity index (χ1v) is 8.79. The van der Waals surface area contributed by atoms with Gasteiger partial charge in [-0.15, -0.1) is 0 Å². The maximum atomic E-state index is 10.5. The molecule has 0 aliphatic rings. The highest BCUT2D eigenvalue weighted by Gasteiger charge is 2.02. The molecule has 0 fully saturated rings. The van der Waals surface area contributed by atoms with Crippen LogP contribution >= 0.6 is 0 Å². The molecule has 2 aromatic rings. The third-order valence-corrected chi connectivity index (χ3v) is 4.08. The molecule has 4 heteroatoms. The van der Waals surface area contributed by atoms with Gasteiger partial charge in [-0.1, -0.05) is 42.5 Å². The van der Waals surface area contributed by atoms with Crippen LogP contribution in [-0.2, 0) is 11.2 Å². The molecule has 0 radical (unpaired) electrons. The molecule has 2 rings (SSSR count). The van der Waals surface area contributed by atoms with Crippen LogP contribution in [0.2, 0.25) is 0 Å². The molecule has 0 aromatic heterocycles. The van der Waals surface area contributed by atoms with Gasteiger partial charge in [-0.05, 0) is 56.1 Å². The van der Waals surface area contributed by atoms with Crippen molar-refractivity contribution in [2.75, 3.05) is 26.7 Å². The number of carboxylic acids is 1. The van der Waals surface area contributed by atoms with E-state index in [0.29, 0.717) is 13.2 Å². The lowest BCUT2D eigenvalue weighted by Crippen LogP contribution is -2.23. The van der Waals surface area contributed by atoms with E-state index in [2.05, 4.69) is 36.4 Å². The van der Waals surface area contributed by atoms with Crippen molar-refractivity contribution in [1.82, 2.24) is 4.90 Å². The molecule has 0 unspecified atom stereocenters. The van der Waals surface area contributed by atoms with E-state index in [4.69, 9.17) is 9.84 Å². The zero-order valence-corrected chi connectivity index (χ0v) is 14.9. The van der Waals surface area contributed by atoms with Crippen LogP contribution in [0.15, 0.2) is 54.6 Å². The van der Waals surface area contributed by atoms with Gasteiger partial charge in [0.1, 0.15) is 5.75 Å². The van der Waals surface area contributed by atoms with Crippen molar-refractivity contribution in [3.05, 3.63) is 65.7 Å². The third-order valence-electron chi connectivity index (χ3n) is 4.08. The quantitative estimate of drug-likeness (QED) is 0.631. The number of unbranched alkanes of at least 4 members (excludes halogenated alkanes) is 1. The summed E-state index contributed by atoms with van der Waals surface area (Å²) in [5.41, 5.74) is 2.58. The molecule has 134 valence electrons. The van der Waals surface area contributed by atoms with Crippen molar-refractivity contribution < 1.29 is 14.6 Å². The van der Waals surface area contributed by atoms with Gasteiger partial charge in [0, 0.05) is 6.54 Å². The summed E-state index contributed by atoms with van der Waals surface area (Å²) in [5.74, 6) is 0.155. The Morgan fingerprint density at radius 1 is 0.960 bits per heavy atom. The van der Waals surface area contributed by atoms with Crippen LogP contribution in [0.3, 0.4) is 0 Å². The molecular weight excluding hydrogens is 314 g/mol. The summed E-state index contributed by atoms with van der Waals surface area (Å²) in [6.45, 7) is 2.18. The Hall–Kier alpha value is -2.33. The fraction of sp³-hybridized carbons (Fsp3) is 0.381. The highest BCUT2D eigenvalue weighted by Crippen LogP contribution is 2.15. The van der Waals surface area contributed by atoms with E-state index >= 15 is 0 Å². The monoisotopic (exact) mass is 341 g/mol. The SMILES string of the molecule is CN(CCCCOc1ccc(Cc2ccccc2)cc1)CCC(=O)O. The molecule has 0 aliphatic carbocycles. The normalized spacial score (nSPS) is 10.8. The Kier molecular flexibility index (Phi) is 7.99. The van der Waals surface area contributed by atoms with Crippen LogP contribution in [-0.4, -0.2) is 42.7 Å². The zero-order valence-electron chi connectivity index (χ0n) is 14.9. The lowest BCUT2D eigenvalue weighted by molar-refractivity contribution is -0.137. The highest BCUT2D eigenvalue weighted by molar-refractivity contribution is 5.66. The largest absolute Gasteiger partial charge is 0.494 e. The third kappa shape index (κ3) is 7.86. The average Bonchev–Trinajstić information content (AvgIpc) is 2.62. The molecule has 4 nitrogen and oxygen atoms in total. The van der Waals surface area contributed by atoms with Gasteiger partial charge in [-0.3, -0.25) is 4.79 Å². The first-order chi connectivity index (χ1) is 12.1. The van der Waals surface area contributed by atoms with E-state index in [1.807, 2.05) is 30.1 Å². The summed E-state index contributed by atoms with van der Waals surface area (Å²) < 4.78 is 5.78. The minimum absolute atomic E-state index is 0.197. The molecular formula is C21H27NO3. The molecule has 25 heavy (non-hydrogen) atoms. The molecule has 0 bridgehead atoms. The number of rotatable bonds is 11. The lowest BCUT2D eigenvalue weighted by atomic mass is 10.1. The smallest absolute Gasteiger partial charge is 0.304 e. The fourth-order valence-corrected chi connectivity index (χ4v) is 2.61. The number of benzene rings is 2. The number of hydrogen-bond acceptors (Lipinski definition) is 3. The zero-order chi connectivity index (χ0) is 17.9. The average molecular weight is 341 g/mol. The standard InChI is InChI=1S/C21H27NO3/c1-22(15-13-21(23)24)14-5-6-16-25-20-11-9-19(10-12-20)17-18-7-3-2-4-8-18/h2-4,7-12H,5-6,13-17H2,1H3,(H,23,24). The van der Waals surface area contributed by atoms with Crippen molar-refractivity contribution >= 4 is 5.97 Å². The van der Waals surface area contributed by atoms with Crippen molar-refractivity contribution in [2.24, 2.45) is 0 Å². The molecule has 0 heterocycles. The molecule has 0 saturated heterocycles. The summed E-state index contributed by atoms with van der Waals surface area (Å²) in [7, 11) is 1.95. The highest BCUT2D eigenvalue weighted by atomic mass is 16.5. The number of carbonyl (C=O) groups is 1. The molecule has 0 atom stereocenters. The van der Waals surface area contributed by atoms with Gasteiger partial charge >= 0.3 is 5.97 Å². The maximum Gasteiger partial charge on any atom is 0.304 e. The van der Waals surface area contributed by atoms with E-state index < -0.39 is 5.97 Å². The van der Waals surface area contributed by atoms with Crippen LogP contribution in [0.5, 0.6) is 5.75 Å². The molecule has 1 N–H and O–H groups in total. The number of nitrogens with zero attached hydrogens (tertiary/aromatic N) is 1. The minimum Gasteiger partial charge on any atom is -0.494 e. The van der Waals surface area contributed by atoms with Gasteiger partial charge < -0.3 is 14.7 Å². The van der Waals surface area contributed by atoms with Crippen LogP contribution in [0.4, 0.5) is 0 Å². The summed E-state index contributed by atoms with van der Waals surface area (Å²) in [5, 5.41) is 8.65. The molecule has 2 aromatic carbocycles. The van der Waals surface area contributed by atoms with E-state index in [1.165, 1.54) is 11.1 Å². The molecule has 0 spiro atoms. The Labute approximate surface area is 150 Å². The fourth-order valence-electron chi connectivity index (χ4n) is 2.61. The Balaban J connectivity index is 1.62. The van der Waals surface area contributed by atoms with Gasteiger partial charge in [0.05, 0.1) is 13.0 Å². The van der Waals surface area contributed by atoms with Crippen molar-refractivity contribution in [1.29, 1.82) is 0 Å². The molecule has 0 amide bonds. The van der Waals surface area contributed by atoms with Crippen molar-refractivity contribution in [3.63, 3.8) is 0 Å². The number of ether oxygens (including phenoxy) is 1. The van der Waals surface area contributed by atoms with E-state index in [9.17, 15) is 4.79 Å². The van der Waals surface area contributed by atoms with Crippen molar-refractivity contribution in [3.8, 4) is 5.75 Å². The van der Waals surface area contributed by atoms with Gasteiger partial charge in [-0.25, -0.2) is 0 Å². The Morgan fingerprint density at radius 3 is 2.32 bits per heavy atom. The van der Waals surface area contributed by atoms with Crippen molar-refractivity contribution in [2.45, 2.75) is 25.7 Å². The van der Waals surface area contributed by atoms with Gasteiger partial charge in [0.2, 0.25) is 0 Å². The van der Waals surface area contributed by atoms with Crippen LogP contribution in [0.25, 0.3) is 0 Å². The maximum absolute atomic E-state index is 10.5. The Bertz CT molecular complexity index is 625. The van der Waals surface area contributed by atoms with Crippen LogP contribution in [0, 0.1) is 0 Å². The van der Waals surface area contributed by atoms with Gasteiger partial charge in [0.15, 0.2) is 0 Å². The van der Waals surface area contributed by atoms with Gasteiger partial charge in [0.25, 0.3) is 0 Å². The second-order valence-corrected chi connectivity index (χ2v) is 6.31. The lowest BCUT2D eigenvalue weighted by Gasteiger charge is -2.15. The summed E-state index contributed by atoms with van der Waals surface area (Å²) in [6.07, 6.45) is 3.09. The van der Waals surface area contributed by atoms with Crippen LogP contribution < -0.4 is 4.74 Å². The predicted molar refractivity (Wildman–Crippen MR) is 100 cm³/mol.